The van der Waals surface area contributed by atoms with Crippen molar-refractivity contribution in [1.82, 2.24) is 5.16 Å². The number of methoxy groups -OCH3 is 1. The molecule has 1 aliphatic carbocycles. The molecule has 3 aromatic carbocycles. The average Bonchev–Trinajstić information content (AvgIpc) is 3.70. The van der Waals surface area contributed by atoms with E-state index in [0.717, 1.165) is 29.9 Å². The third-order valence-electron chi connectivity index (χ3n) is 6.44. The zero-order chi connectivity index (χ0) is 29.1. The summed E-state index contributed by atoms with van der Waals surface area (Å²) < 4.78 is 16.8. The Morgan fingerprint density at radius 1 is 1.05 bits per heavy atom. The largest absolute Gasteiger partial charge is 0.489 e. The van der Waals surface area contributed by atoms with Crippen LogP contribution in [0, 0.1) is 11.8 Å². The SMILES string of the molecule is COC(=O)c1cc(C#Cc2ccc(OCc3c(-c4c(Cl)cccc4Cl)noc3C3CC3)cc2Cl)cc(NC(C)C)c1. The van der Waals surface area contributed by atoms with Crippen molar-refractivity contribution in [2.45, 2.75) is 45.3 Å². The van der Waals surface area contributed by atoms with Gasteiger partial charge in [-0.25, -0.2) is 4.79 Å². The lowest BCUT2D eigenvalue weighted by Gasteiger charge is -2.11. The van der Waals surface area contributed by atoms with Crippen LogP contribution in [0.3, 0.4) is 0 Å². The van der Waals surface area contributed by atoms with E-state index >= 15 is 0 Å². The topological polar surface area (TPSA) is 73.6 Å². The summed E-state index contributed by atoms with van der Waals surface area (Å²) in [5.74, 6) is 7.44. The quantitative estimate of drug-likeness (QED) is 0.159. The van der Waals surface area contributed by atoms with E-state index in [1.165, 1.54) is 7.11 Å². The predicted molar refractivity (Wildman–Crippen MR) is 162 cm³/mol. The number of aromatic nitrogens is 1. The lowest BCUT2D eigenvalue weighted by Crippen LogP contribution is -2.11. The van der Waals surface area contributed by atoms with E-state index in [0.29, 0.717) is 54.7 Å². The van der Waals surface area contributed by atoms with Crippen molar-refractivity contribution < 1.29 is 18.8 Å². The van der Waals surface area contributed by atoms with Gasteiger partial charge in [-0.05, 0) is 69.2 Å². The fraction of sp³-hybridized carbons (Fsp3) is 0.250. The number of nitrogens with zero attached hydrogens (tertiary/aromatic N) is 1. The van der Waals surface area contributed by atoms with Crippen LogP contribution in [-0.4, -0.2) is 24.3 Å². The fourth-order valence-electron chi connectivity index (χ4n) is 4.38. The normalized spacial score (nSPS) is 12.6. The van der Waals surface area contributed by atoms with E-state index in [4.69, 9.17) is 48.8 Å². The maximum Gasteiger partial charge on any atom is 0.337 e. The van der Waals surface area contributed by atoms with Crippen molar-refractivity contribution in [3.63, 3.8) is 0 Å². The van der Waals surface area contributed by atoms with Gasteiger partial charge in [0, 0.05) is 40.4 Å². The highest BCUT2D eigenvalue weighted by molar-refractivity contribution is 6.39. The summed E-state index contributed by atoms with van der Waals surface area (Å²) in [6.07, 6.45) is 2.07. The molecule has 210 valence electrons. The highest BCUT2D eigenvalue weighted by Gasteiger charge is 2.33. The second-order valence-corrected chi connectivity index (χ2v) is 11.2. The summed E-state index contributed by atoms with van der Waals surface area (Å²) in [4.78, 5) is 12.2. The third kappa shape index (κ3) is 6.82. The van der Waals surface area contributed by atoms with Crippen LogP contribution < -0.4 is 10.1 Å². The minimum atomic E-state index is -0.433. The smallest absolute Gasteiger partial charge is 0.337 e. The number of hydrogen-bond acceptors (Lipinski definition) is 6. The van der Waals surface area contributed by atoms with Crippen molar-refractivity contribution in [1.29, 1.82) is 0 Å². The van der Waals surface area contributed by atoms with Crippen LogP contribution in [0.4, 0.5) is 5.69 Å². The second kappa shape index (κ2) is 12.5. The number of hydrogen-bond donors (Lipinski definition) is 1. The van der Waals surface area contributed by atoms with Gasteiger partial charge in [0.2, 0.25) is 0 Å². The van der Waals surface area contributed by atoms with Gasteiger partial charge in [-0.1, -0.05) is 57.9 Å². The Labute approximate surface area is 253 Å². The monoisotopic (exact) mass is 608 g/mol. The number of carbonyl (C=O) groups is 1. The summed E-state index contributed by atoms with van der Waals surface area (Å²) in [5.41, 5.74) is 4.48. The maximum absolute atomic E-state index is 12.2. The van der Waals surface area contributed by atoms with Crippen molar-refractivity contribution in [3.05, 3.63) is 97.7 Å². The standard InChI is InChI=1S/C32H27Cl3N2O4/c1-18(2)36-23-14-19(13-22(15-23)32(38)39-3)7-8-20-11-12-24(16-28(20)35)40-17-25-30(37-41-31(25)21-9-10-21)29-26(33)5-4-6-27(29)34/h4-6,11-16,18,21,36H,9-10,17H2,1-3H3. The molecule has 1 aliphatic rings. The number of benzene rings is 3. The molecular weight excluding hydrogens is 583 g/mol. The van der Waals surface area contributed by atoms with Gasteiger partial charge < -0.3 is 19.3 Å². The van der Waals surface area contributed by atoms with E-state index in [1.807, 2.05) is 19.9 Å². The molecular formula is C32H27Cl3N2O4. The molecule has 5 rings (SSSR count). The van der Waals surface area contributed by atoms with Crippen LogP contribution >= 0.6 is 34.8 Å². The van der Waals surface area contributed by atoms with E-state index in [2.05, 4.69) is 22.3 Å². The van der Waals surface area contributed by atoms with Crippen molar-refractivity contribution in [2.24, 2.45) is 0 Å². The van der Waals surface area contributed by atoms with Gasteiger partial charge in [0.15, 0.2) is 0 Å². The number of nitrogens with one attached hydrogen (secondary N) is 1. The van der Waals surface area contributed by atoms with Crippen LogP contribution in [0.1, 0.15) is 65.4 Å². The molecule has 41 heavy (non-hydrogen) atoms. The third-order valence-corrected chi connectivity index (χ3v) is 7.38. The lowest BCUT2D eigenvalue weighted by molar-refractivity contribution is 0.0600. The van der Waals surface area contributed by atoms with Crippen LogP contribution in [0.2, 0.25) is 15.1 Å². The van der Waals surface area contributed by atoms with Gasteiger partial charge in [0.25, 0.3) is 0 Å². The zero-order valence-corrected chi connectivity index (χ0v) is 25.0. The van der Waals surface area contributed by atoms with Crippen molar-refractivity contribution in [3.8, 4) is 28.8 Å². The number of halogens is 3. The second-order valence-electron chi connectivity index (χ2n) is 10.0. The van der Waals surface area contributed by atoms with E-state index in [1.54, 1.807) is 48.5 Å². The lowest BCUT2D eigenvalue weighted by atomic mass is 10.0. The first-order valence-corrected chi connectivity index (χ1v) is 14.2. The van der Waals surface area contributed by atoms with Crippen molar-refractivity contribution >= 4 is 46.5 Å². The number of esters is 1. The molecule has 1 N–H and O–H groups in total. The summed E-state index contributed by atoms with van der Waals surface area (Å²) >= 11 is 19.5. The van der Waals surface area contributed by atoms with Crippen LogP contribution in [-0.2, 0) is 11.3 Å². The van der Waals surface area contributed by atoms with Crippen molar-refractivity contribution in [2.75, 3.05) is 12.4 Å². The molecule has 9 heteroatoms. The molecule has 1 heterocycles. The molecule has 6 nitrogen and oxygen atoms in total. The Bertz CT molecular complexity index is 1650. The molecule has 0 unspecified atom stereocenters. The number of rotatable bonds is 8. The minimum Gasteiger partial charge on any atom is -0.489 e. The predicted octanol–water partition coefficient (Wildman–Crippen LogP) is 8.76. The van der Waals surface area contributed by atoms with Crippen LogP contribution in [0.25, 0.3) is 11.3 Å². The first-order chi connectivity index (χ1) is 19.7. The zero-order valence-electron chi connectivity index (χ0n) is 22.7. The Hall–Kier alpha value is -3.63. The maximum atomic E-state index is 12.2. The van der Waals surface area contributed by atoms with Gasteiger partial charge in [-0.2, -0.15) is 0 Å². The summed E-state index contributed by atoms with van der Waals surface area (Å²) in [5, 5.41) is 9.02. The Morgan fingerprint density at radius 3 is 2.46 bits per heavy atom. The number of anilines is 1. The molecule has 0 radical (unpaired) electrons. The molecule has 1 fully saturated rings. The Balaban J connectivity index is 1.37. The highest BCUT2D eigenvalue weighted by atomic mass is 35.5. The fourth-order valence-corrected chi connectivity index (χ4v) is 5.18. The van der Waals surface area contributed by atoms with Gasteiger partial charge in [-0.15, -0.1) is 0 Å². The van der Waals surface area contributed by atoms with Gasteiger partial charge in [-0.3, -0.25) is 0 Å². The number of ether oxygens (including phenoxy) is 2. The minimum absolute atomic E-state index is 0.182. The van der Waals surface area contributed by atoms with E-state index in [9.17, 15) is 4.79 Å². The first-order valence-electron chi connectivity index (χ1n) is 13.1. The Morgan fingerprint density at radius 2 is 1.80 bits per heavy atom. The molecule has 0 atom stereocenters. The van der Waals surface area contributed by atoms with E-state index < -0.39 is 5.97 Å². The molecule has 0 saturated heterocycles. The molecule has 1 saturated carbocycles. The molecule has 0 aliphatic heterocycles. The van der Waals surface area contributed by atoms with Gasteiger partial charge >= 0.3 is 5.97 Å². The van der Waals surface area contributed by atoms with Crippen LogP contribution in [0.5, 0.6) is 5.75 Å². The van der Waals surface area contributed by atoms with Gasteiger partial charge in [0.05, 0.1) is 33.3 Å². The van der Waals surface area contributed by atoms with E-state index in [-0.39, 0.29) is 12.6 Å². The molecule has 1 aromatic heterocycles. The van der Waals surface area contributed by atoms with Crippen LogP contribution in [0.15, 0.2) is 59.1 Å². The molecule has 4 aromatic rings. The summed E-state index contributed by atoms with van der Waals surface area (Å²) in [7, 11) is 1.35. The number of carbonyl (C=O) groups excluding carboxylic acids is 1. The van der Waals surface area contributed by atoms with Gasteiger partial charge in [0.1, 0.15) is 23.8 Å². The molecule has 0 spiro atoms. The molecule has 0 amide bonds. The Kier molecular flexibility index (Phi) is 8.79. The summed E-state index contributed by atoms with van der Waals surface area (Å²) in [6, 6.07) is 16.1. The average molecular weight is 610 g/mol. The first kappa shape index (κ1) is 28.9. The highest BCUT2D eigenvalue weighted by Crippen LogP contribution is 2.46. The summed E-state index contributed by atoms with van der Waals surface area (Å²) in [6.45, 7) is 4.24. The molecule has 0 bridgehead atoms.